The van der Waals surface area contributed by atoms with Gasteiger partial charge in [-0.3, -0.25) is 4.79 Å². The summed E-state index contributed by atoms with van der Waals surface area (Å²) in [5, 5.41) is 1.22. The Morgan fingerprint density at radius 3 is 2.94 bits per heavy atom. The third-order valence-corrected chi connectivity index (χ3v) is 2.77. The Bertz CT molecular complexity index is 501. The van der Waals surface area contributed by atoms with Crippen LogP contribution < -0.4 is 0 Å². The van der Waals surface area contributed by atoms with Crippen LogP contribution in [0, 0.1) is 7.05 Å². The van der Waals surface area contributed by atoms with E-state index in [1.54, 1.807) is 0 Å². The predicted octanol–water partition coefficient (Wildman–Crippen LogP) is 2.35. The molecule has 0 atom stereocenters. The molecule has 1 radical (unpaired) electrons. The van der Waals surface area contributed by atoms with E-state index in [9.17, 15) is 4.79 Å². The van der Waals surface area contributed by atoms with Crippen molar-refractivity contribution >= 4 is 16.8 Å². The minimum Gasteiger partial charge on any atom is -0.361 e. The highest BCUT2D eigenvalue weighted by Gasteiger charge is 2.06. The predicted molar refractivity (Wildman–Crippen MR) is 64.7 cm³/mol. The van der Waals surface area contributed by atoms with Gasteiger partial charge in [-0.1, -0.05) is 18.2 Å². The van der Waals surface area contributed by atoms with E-state index in [2.05, 4.69) is 18.1 Å². The summed E-state index contributed by atoms with van der Waals surface area (Å²) in [5.41, 5.74) is 2.36. The number of rotatable bonds is 3. The van der Waals surface area contributed by atoms with Gasteiger partial charge in [0.1, 0.15) is 0 Å². The van der Waals surface area contributed by atoms with Crippen LogP contribution in [0.25, 0.3) is 10.9 Å². The molecule has 1 aromatic heterocycles. The number of nitrogens with one attached hydrogen (secondary N) is 1. The van der Waals surface area contributed by atoms with Crippen molar-refractivity contribution in [3.63, 3.8) is 0 Å². The van der Waals surface area contributed by atoms with E-state index in [0.717, 1.165) is 11.9 Å². The molecule has 0 saturated heterocycles. The van der Waals surface area contributed by atoms with Gasteiger partial charge in [0.2, 0.25) is 5.91 Å². The number of aromatic amines is 1. The standard InChI is InChI=1S/C13H15N2O/c1-10(16)15(2)8-7-11-9-14-13-6-4-3-5-12(11)13/h3-6,9,14H,2,7-8H2,1H3. The zero-order valence-corrected chi connectivity index (χ0v) is 9.36. The van der Waals surface area contributed by atoms with Crippen LogP contribution in [0.3, 0.4) is 0 Å². The van der Waals surface area contributed by atoms with Gasteiger partial charge in [0.25, 0.3) is 0 Å². The van der Waals surface area contributed by atoms with Gasteiger partial charge < -0.3 is 9.88 Å². The van der Waals surface area contributed by atoms with Crippen LogP contribution in [0.5, 0.6) is 0 Å². The van der Waals surface area contributed by atoms with Crippen LogP contribution in [0.15, 0.2) is 30.5 Å². The van der Waals surface area contributed by atoms with Crippen molar-refractivity contribution in [1.82, 2.24) is 9.88 Å². The van der Waals surface area contributed by atoms with Gasteiger partial charge in [-0.2, -0.15) is 0 Å². The molecule has 0 aliphatic heterocycles. The zero-order valence-electron chi connectivity index (χ0n) is 9.36. The lowest BCUT2D eigenvalue weighted by Gasteiger charge is -2.13. The first-order valence-corrected chi connectivity index (χ1v) is 5.32. The summed E-state index contributed by atoms with van der Waals surface area (Å²) in [6.07, 6.45) is 2.83. The molecule has 3 nitrogen and oxygen atoms in total. The second-order valence-electron chi connectivity index (χ2n) is 3.89. The van der Waals surface area contributed by atoms with E-state index in [-0.39, 0.29) is 5.91 Å². The number of fused-ring (bicyclic) bond motifs is 1. The number of amides is 1. The monoisotopic (exact) mass is 215 g/mol. The zero-order chi connectivity index (χ0) is 11.5. The van der Waals surface area contributed by atoms with E-state index in [1.807, 2.05) is 24.4 Å². The fraction of sp³-hybridized carbons (Fsp3) is 0.231. The van der Waals surface area contributed by atoms with E-state index < -0.39 is 0 Å². The highest BCUT2D eigenvalue weighted by atomic mass is 16.2. The van der Waals surface area contributed by atoms with Crippen molar-refractivity contribution in [2.75, 3.05) is 6.54 Å². The van der Waals surface area contributed by atoms with E-state index >= 15 is 0 Å². The van der Waals surface area contributed by atoms with Gasteiger partial charge in [0.05, 0.1) is 0 Å². The maximum absolute atomic E-state index is 11.0. The third kappa shape index (κ3) is 2.08. The average molecular weight is 215 g/mol. The molecular weight excluding hydrogens is 200 g/mol. The van der Waals surface area contributed by atoms with Crippen molar-refractivity contribution in [3.05, 3.63) is 43.1 Å². The first-order chi connectivity index (χ1) is 7.68. The lowest BCUT2D eigenvalue weighted by Crippen LogP contribution is -2.23. The van der Waals surface area contributed by atoms with Crippen LogP contribution in [0.2, 0.25) is 0 Å². The summed E-state index contributed by atoms with van der Waals surface area (Å²) >= 11 is 0. The van der Waals surface area contributed by atoms with Crippen molar-refractivity contribution in [3.8, 4) is 0 Å². The Labute approximate surface area is 95.1 Å². The molecule has 0 aliphatic carbocycles. The van der Waals surface area contributed by atoms with Gasteiger partial charge >= 0.3 is 0 Å². The summed E-state index contributed by atoms with van der Waals surface area (Å²) in [5.74, 6) is -0.000147. The van der Waals surface area contributed by atoms with Crippen LogP contribution >= 0.6 is 0 Å². The number of carbonyl (C=O) groups excluding carboxylic acids is 1. The second-order valence-corrected chi connectivity index (χ2v) is 3.89. The van der Waals surface area contributed by atoms with Gasteiger partial charge in [-0.25, -0.2) is 0 Å². The van der Waals surface area contributed by atoms with E-state index in [4.69, 9.17) is 0 Å². The van der Waals surface area contributed by atoms with Gasteiger partial charge in [0.15, 0.2) is 0 Å². The van der Waals surface area contributed by atoms with Crippen LogP contribution in [0.1, 0.15) is 12.5 Å². The van der Waals surface area contributed by atoms with Crippen LogP contribution in [-0.2, 0) is 11.2 Å². The summed E-state index contributed by atoms with van der Waals surface area (Å²) in [7, 11) is 3.69. The van der Waals surface area contributed by atoms with Crippen molar-refractivity contribution in [1.29, 1.82) is 0 Å². The fourth-order valence-corrected chi connectivity index (χ4v) is 1.75. The maximum atomic E-state index is 11.0. The van der Waals surface area contributed by atoms with Gasteiger partial charge in [-0.15, -0.1) is 0 Å². The lowest BCUT2D eigenvalue weighted by atomic mass is 10.1. The number of benzene rings is 1. The number of H-pyrrole nitrogens is 1. The molecule has 2 rings (SSSR count). The molecule has 1 amide bonds. The number of carbonyl (C=O) groups is 1. The molecule has 83 valence electrons. The summed E-state index contributed by atoms with van der Waals surface area (Å²) in [6, 6.07) is 8.16. The molecule has 0 unspecified atom stereocenters. The Morgan fingerprint density at radius 1 is 1.44 bits per heavy atom. The molecule has 0 fully saturated rings. The first-order valence-electron chi connectivity index (χ1n) is 5.32. The van der Waals surface area contributed by atoms with E-state index in [1.165, 1.54) is 22.8 Å². The maximum Gasteiger partial charge on any atom is 0.219 e. The SMILES string of the molecule is [CH2]N(CCc1c[nH]c2ccccc12)C(C)=O. The molecule has 0 saturated carbocycles. The topological polar surface area (TPSA) is 36.1 Å². The molecule has 0 aliphatic rings. The molecule has 16 heavy (non-hydrogen) atoms. The number of hydrogen-bond donors (Lipinski definition) is 1. The Balaban J connectivity index is 2.13. The molecule has 1 heterocycles. The number of nitrogens with zero attached hydrogens (tertiary/aromatic N) is 1. The smallest absolute Gasteiger partial charge is 0.219 e. The number of para-hydroxylation sites is 1. The summed E-state index contributed by atoms with van der Waals surface area (Å²) in [4.78, 5) is 15.7. The Hall–Kier alpha value is -1.77. The largest absolute Gasteiger partial charge is 0.361 e. The average Bonchev–Trinajstić information content (AvgIpc) is 2.69. The molecule has 1 aromatic carbocycles. The Kier molecular flexibility index (Phi) is 2.95. The summed E-state index contributed by atoms with van der Waals surface area (Å²) < 4.78 is 0. The van der Waals surface area contributed by atoms with Crippen molar-refractivity contribution < 1.29 is 4.79 Å². The van der Waals surface area contributed by atoms with Crippen molar-refractivity contribution in [2.45, 2.75) is 13.3 Å². The Morgan fingerprint density at radius 2 is 2.19 bits per heavy atom. The van der Waals surface area contributed by atoms with Gasteiger partial charge in [-0.05, 0) is 18.1 Å². The summed E-state index contributed by atoms with van der Waals surface area (Å²) in [6.45, 7) is 2.18. The van der Waals surface area contributed by atoms with Gasteiger partial charge in [0, 0.05) is 37.6 Å². The highest BCUT2D eigenvalue weighted by Crippen LogP contribution is 2.18. The highest BCUT2D eigenvalue weighted by molar-refractivity contribution is 5.83. The fourth-order valence-electron chi connectivity index (χ4n) is 1.75. The van der Waals surface area contributed by atoms with Crippen molar-refractivity contribution in [2.24, 2.45) is 0 Å². The molecule has 1 N–H and O–H groups in total. The normalized spacial score (nSPS) is 10.6. The minimum atomic E-state index is -0.000147. The number of hydrogen-bond acceptors (Lipinski definition) is 1. The molecule has 3 heteroatoms. The molecule has 0 spiro atoms. The molecule has 0 bridgehead atoms. The second kappa shape index (κ2) is 4.39. The minimum absolute atomic E-state index is 0.000147. The third-order valence-electron chi connectivity index (χ3n) is 2.77. The number of aromatic nitrogens is 1. The molecule has 2 aromatic rings. The molecular formula is C13H15N2O. The van der Waals surface area contributed by atoms with Crippen LogP contribution in [-0.4, -0.2) is 22.3 Å². The van der Waals surface area contributed by atoms with E-state index in [0.29, 0.717) is 6.54 Å². The first kappa shape index (κ1) is 10.7. The quantitative estimate of drug-likeness (QED) is 0.838. The lowest BCUT2D eigenvalue weighted by molar-refractivity contribution is -0.126. The van der Waals surface area contributed by atoms with Crippen LogP contribution in [0.4, 0.5) is 0 Å².